The van der Waals surface area contributed by atoms with Crippen LogP contribution in [0.25, 0.3) is 0 Å². The molecule has 0 aromatic heterocycles. The highest BCUT2D eigenvalue weighted by Gasteiger charge is 1.78. The van der Waals surface area contributed by atoms with E-state index in [1.807, 2.05) is 0 Å². The fraction of sp³-hybridized carbons (Fsp3) is 1.00. The summed E-state index contributed by atoms with van der Waals surface area (Å²) in [5.41, 5.74) is 6.25. The maximum atomic E-state index is 6.25. The Morgan fingerprint density at radius 2 is 1.60 bits per heavy atom. The van der Waals surface area contributed by atoms with Crippen LogP contribution in [0, 0.1) is 0 Å². The molecule has 0 atom stereocenters. The van der Waals surface area contributed by atoms with Crippen molar-refractivity contribution in [3.05, 3.63) is 0 Å². The lowest BCUT2D eigenvalue weighted by atomic mass is 11.9. The molecule has 0 amide bonds. The summed E-state index contributed by atoms with van der Waals surface area (Å²) in [4.78, 5) is 0. The van der Waals surface area contributed by atoms with Crippen LogP contribution in [0.15, 0.2) is 0 Å². The van der Waals surface area contributed by atoms with Crippen molar-refractivity contribution in [1.82, 2.24) is 0 Å². The lowest BCUT2D eigenvalue weighted by molar-refractivity contribution is 0.824. The van der Waals surface area contributed by atoms with E-state index in [2.05, 4.69) is 0 Å². The predicted octanol–water partition coefficient (Wildman–Crippen LogP) is 1.16. The van der Waals surface area contributed by atoms with Gasteiger partial charge in [-0.3, -0.25) is 0 Å². The minimum atomic E-state index is -1.83. The molecule has 0 heterocycles. The average Bonchev–Trinajstić information content (AvgIpc) is 1.36. The third kappa shape index (κ3) is 56.2. The highest BCUT2D eigenvalue weighted by atomic mass is 35.6. The highest BCUT2D eigenvalue weighted by molar-refractivity contribution is 6.63. The van der Waals surface area contributed by atoms with Crippen molar-refractivity contribution in [2.75, 3.05) is 0 Å². The van der Waals surface area contributed by atoms with Gasteiger partial charge >= 0.3 is 0 Å². The minimum absolute atomic E-state index is 1.83. The molecule has 0 aromatic carbocycles. The van der Waals surface area contributed by atoms with Crippen molar-refractivity contribution >= 4 is 34.8 Å². The van der Waals surface area contributed by atoms with E-state index in [0.717, 1.165) is 0 Å². The Morgan fingerprint density at radius 1 is 1.60 bits per heavy atom. The van der Waals surface area contributed by atoms with Crippen LogP contribution >= 0.6 is 34.8 Å². The predicted molar refractivity (Wildman–Crippen MR) is 25.0 cm³/mol. The van der Waals surface area contributed by atoms with Crippen molar-refractivity contribution in [3.8, 4) is 0 Å². The van der Waals surface area contributed by atoms with Crippen molar-refractivity contribution in [3.63, 3.8) is 0 Å². The van der Waals surface area contributed by atoms with E-state index in [0.29, 0.717) is 0 Å². The molecule has 4 heteroatoms. The summed E-state index contributed by atoms with van der Waals surface area (Å²) in [5, 5.41) is 0. The van der Waals surface area contributed by atoms with Crippen molar-refractivity contribution in [2.24, 2.45) is 0 Å². The lowest BCUT2D eigenvalue weighted by Gasteiger charge is -1.69. The van der Waals surface area contributed by atoms with Crippen LogP contribution in [0.5, 0.6) is 0 Å². The molecule has 0 aliphatic rings. The topological polar surface area (TPSA) is 31.5 Å². The summed E-state index contributed by atoms with van der Waals surface area (Å²) in [6.07, 6.45) is 0. The molecule has 0 saturated heterocycles. The van der Waals surface area contributed by atoms with E-state index in [9.17, 15) is 0 Å². The van der Waals surface area contributed by atoms with Gasteiger partial charge in [0.05, 0.1) is 1.37 Å². The van der Waals surface area contributed by atoms with Gasteiger partial charge in [0.15, 0.2) is 4.27 Å². The summed E-state index contributed by atoms with van der Waals surface area (Å²) in [6, 6.07) is 0. The molecule has 0 fully saturated rings. The first kappa shape index (κ1) is 4.00. The van der Waals surface area contributed by atoms with Gasteiger partial charge in [0.1, 0.15) is 0 Å². The van der Waals surface area contributed by atoms with Crippen LogP contribution < -0.4 is 0 Å². The standard InChI is InChI=1S/CHCl3.H2O/c2-1(3)4;/h1H;1H2/i1D;/hD. The molecule has 0 aliphatic carbocycles. The summed E-state index contributed by atoms with van der Waals surface area (Å²) < 4.78 is 9.15. The van der Waals surface area contributed by atoms with Crippen LogP contribution in [0.3, 0.4) is 0 Å². The molecule has 0 rings (SSSR count). The number of hydrogen-bond acceptors (Lipinski definition) is 0. The highest BCUT2D eigenvalue weighted by Crippen LogP contribution is 2.03. The summed E-state index contributed by atoms with van der Waals surface area (Å²) in [5.74, 6) is 0. The van der Waals surface area contributed by atoms with E-state index >= 15 is 0 Å². The van der Waals surface area contributed by atoms with Crippen LogP contribution in [0.1, 0.15) is 2.80 Å². The molecule has 34 valence electrons. The second kappa shape index (κ2) is 4.83. The molecule has 5 heavy (non-hydrogen) atoms. The smallest absolute Gasteiger partial charge is 0.206 e. The van der Waals surface area contributed by atoms with Gasteiger partial charge < -0.3 is 5.48 Å². The number of hydrogen-bond donors (Lipinski definition) is 0. The summed E-state index contributed by atoms with van der Waals surface area (Å²) in [7, 11) is 0. The summed E-state index contributed by atoms with van der Waals surface area (Å²) >= 11 is 14.2. The molecule has 2 N–H and O–H groups in total. The molecule has 0 spiro atoms. The van der Waals surface area contributed by atoms with Gasteiger partial charge in [0, 0.05) is 0 Å². The monoisotopic (exact) mass is 138 g/mol. The van der Waals surface area contributed by atoms with E-state index in [1.54, 1.807) is 0 Å². The maximum absolute atomic E-state index is 6.25. The third-order valence-electron chi connectivity index (χ3n) is 0. The SMILES string of the molecule is [2H]C(Cl)(Cl)Cl.[2H]O. The van der Waals surface area contributed by atoms with E-state index in [4.69, 9.17) is 43.1 Å². The first-order valence-electron chi connectivity index (χ1n) is 1.51. The van der Waals surface area contributed by atoms with Gasteiger partial charge in [-0.05, 0) is 0 Å². The van der Waals surface area contributed by atoms with Crippen molar-refractivity contribution in [2.45, 2.75) is 4.27 Å². The van der Waals surface area contributed by atoms with Crippen LogP contribution in [0.2, 0.25) is 0 Å². The zero-order valence-corrected chi connectivity index (χ0v) is 4.35. The van der Waals surface area contributed by atoms with Gasteiger partial charge in [0.2, 0.25) is 1.43 Å². The molecule has 0 bridgehead atoms. The van der Waals surface area contributed by atoms with E-state index in [-0.39, 0.29) is 0 Å². The third-order valence-corrected chi connectivity index (χ3v) is 0. The second-order valence-electron chi connectivity index (χ2n) is 0.214. The van der Waals surface area contributed by atoms with E-state index in [1.165, 1.54) is 0 Å². The zero-order valence-electron chi connectivity index (χ0n) is 4.08. The zero-order chi connectivity index (χ0) is 6.50. The van der Waals surface area contributed by atoms with Gasteiger partial charge in [-0.25, -0.2) is 0 Å². The fourth-order valence-electron chi connectivity index (χ4n) is 0. The molecule has 0 radical (unpaired) electrons. The Kier molecular flexibility index (Phi) is 3.87. The molecule has 0 aromatic rings. The normalized spacial score (nSPS) is 13.6. The summed E-state index contributed by atoms with van der Waals surface area (Å²) in [6.45, 7) is 0. The van der Waals surface area contributed by atoms with Gasteiger partial charge in [-0.1, -0.05) is 34.8 Å². The first-order valence-corrected chi connectivity index (χ1v) is 1.70. The Labute approximate surface area is 48.0 Å². The molecule has 0 aliphatic heterocycles. The lowest BCUT2D eigenvalue weighted by Crippen LogP contribution is -1.55. The fourth-order valence-corrected chi connectivity index (χ4v) is 0. The van der Waals surface area contributed by atoms with Crippen LogP contribution in [-0.2, 0) is 0 Å². The maximum Gasteiger partial charge on any atom is 0.206 e. The Hall–Kier alpha value is 0.830. The van der Waals surface area contributed by atoms with Crippen LogP contribution in [-0.4, -0.2) is 9.75 Å². The van der Waals surface area contributed by atoms with Gasteiger partial charge in [-0.15, -0.1) is 0 Å². The molecule has 1 nitrogen and oxygen atoms in total. The number of alkyl halides is 3. The number of rotatable bonds is 0. The van der Waals surface area contributed by atoms with E-state index < -0.39 is 4.27 Å². The molecule has 0 unspecified atom stereocenters. The van der Waals surface area contributed by atoms with Crippen molar-refractivity contribution < 1.29 is 8.28 Å². The Morgan fingerprint density at radius 3 is 1.60 bits per heavy atom. The largest absolute Gasteiger partial charge is 0.412 e. The van der Waals surface area contributed by atoms with Crippen molar-refractivity contribution in [1.29, 1.82) is 0 Å². The minimum Gasteiger partial charge on any atom is -0.412 e. The first-order chi connectivity index (χ1) is 3.00. The quantitative estimate of drug-likeness (QED) is 0.451. The number of halogens is 3. The van der Waals surface area contributed by atoms with Gasteiger partial charge in [-0.2, -0.15) is 0 Å². The van der Waals surface area contributed by atoms with Gasteiger partial charge in [0.25, 0.3) is 0 Å². The Bertz CT molecular complexity index is 28.4. The molecular weight excluding hydrogens is 134 g/mol. The Balaban J connectivity index is 0. The average molecular weight is 139 g/mol. The molecular formula is CH3Cl3O. The second-order valence-corrected chi connectivity index (χ2v) is 1.93. The van der Waals surface area contributed by atoms with Crippen LogP contribution in [0.4, 0.5) is 0 Å². The molecule has 0 saturated carbocycles.